The lowest BCUT2D eigenvalue weighted by Crippen LogP contribution is -2.46. The molecule has 7 nitrogen and oxygen atoms in total. The van der Waals surface area contributed by atoms with Crippen molar-refractivity contribution in [3.63, 3.8) is 0 Å². The minimum atomic E-state index is -2.90. The molecule has 1 aliphatic heterocycles. The number of nitrogens with one attached hydrogen (secondary N) is 3. The van der Waals surface area contributed by atoms with E-state index in [1.807, 2.05) is 0 Å². The third-order valence-electron chi connectivity index (χ3n) is 4.74. The summed E-state index contributed by atoms with van der Waals surface area (Å²) in [7, 11) is -1.25. The second-order valence-corrected chi connectivity index (χ2v) is 9.03. The van der Waals surface area contributed by atoms with Crippen molar-refractivity contribution in [2.45, 2.75) is 51.0 Å². The molecule has 1 atom stereocenters. The predicted molar refractivity (Wildman–Crippen MR) is 111 cm³/mol. The SMILES string of the molecule is CN=C(NCCNC(=O)CC1CCCCC1)NC1CCS(=O)(=O)C1.I. The molecule has 3 N–H and O–H groups in total. The summed E-state index contributed by atoms with van der Waals surface area (Å²) in [6.07, 6.45) is 7.39. The second-order valence-electron chi connectivity index (χ2n) is 6.80. The number of carbonyl (C=O) groups excluding carboxylic acids is 1. The van der Waals surface area contributed by atoms with E-state index in [-0.39, 0.29) is 47.4 Å². The van der Waals surface area contributed by atoms with Gasteiger partial charge in [0.15, 0.2) is 15.8 Å². The van der Waals surface area contributed by atoms with Crippen molar-refractivity contribution >= 4 is 45.7 Å². The molecule has 9 heteroatoms. The molecule has 1 saturated carbocycles. The highest BCUT2D eigenvalue weighted by Crippen LogP contribution is 2.25. The summed E-state index contributed by atoms with van der Waals surface area (Å²) >= 11 is 0. The van der Waals surface area contributed by atoms with Crippen molar-refractivity contribution < 1.29 is 13.2 Å². The fourth-order valence-electron chi connectivity index (χ4n) is 3.41. The van der Waals surface area contributed by atoms with Crippen LogP contribution in [0.15, 0.2) is 4.99 Å². The van der Waals surface area contributed by atoms with E-state index in [2.05, 4.69) is 20.9 Å². The molecular weight excluding hydrogens is 455 g/mol. The largest absolute Gasteiger partial charge is 0.355 e. The summed E-state index contributed by atoms with van der Waals surface area (Å²) in [6, 6.07) is -0.0814. The van der Waals surface area contributed by atoms with Gasteiger partial charge in [-0.2, -0.15) is 0 Å². The molecule has 0 spiro atoms. The van der Waals surface area contributed by atoms with Gasteiger partial charge in [0.1, 0.15) is 0 Å². The van der Waals surface area contributed by atoms with Crippen LogP contribution in [0.2, 0.25) is 0 Å². The molecule has 1 aliphatic carbocycles. The Morgan fingerprint density at radius 1 is 1.08 bits per heavy atom. The Labute approximate surface area is 168 Å². The molecule has 0 bridgehead atoms. The van der Waals surface area contributed by atoms with Crippen molar-refractivity contribution in [3.05, 3.63) is 0 Å². The number of sulfone groups is 1. The summed E-state index contributed by atoms with van der Waals surface area (Å²) in [5, 5.41) is 9.17. The first-order chi connectivity index (χ1) is 11.5. The molecule has 1 saturated heterocycles. The number of nitrogens with zero attached hydrogens (tertiary/aromatic N) is 1. The molecule has 2 fully saturated rings. The molecule has 1 heterocycles. The maximum Gasteiger partial charge on any atom is 0.220 e. The van der Waals surface area contributed by atoms with Gasteiger partial charge in [-0.1, -0.05) is 19.3 Å². The van der Waals surface area contributed by atoms with E-state index in [1.165, 1.54) is 32.1 Å². The van der Waals surface area contributed by atoms with E-state index in [0.717, 1.165) is 0 Å². The lowest BCUT2D eigenvalue weighted by atomic mass is 9.87. The quantitative estimate of drug-likeness (QED) is 0.226. The summed E-state index contributed by atoms with van der Waals surface area (Å²) in [5.74, 6) is 1.64. The van der Waals surface area contributed by atoms with Gasteiger partial charge >= 0.3 is 0 Å². The summed E-state index contributed by atoms with van der Waals surface area (Å²) in [5.41, 5.74) is 0. The normalized spacial score (nSPS) is 23.6. The van der Waals surface area contributed by atoms with E-state index in [4.69, 9.17) is 0 Å². The first-order valence-corrected chi connectivity index (χ1v) is 10.7. The topological polar surface area (TPSA) is 99.7 Å². The van der Waals surface area contributed by atoms with E-state index in [9.17, 15) is 13.2 Å². The van der Waals surface area contributed by atoms with E-state index >= 15 is 0 Å². The lowest BCUT2D eigenvalue weighted by molar-refractivity contribution is -0.122. The Hall–Kier alpha value is -0.580. The van der Waals surface area contributed by atoms with Crippen LogP contribution < -0.4 is 16.0 Å². The van der Waals surface area contributed by atoms with Crippen LogP contribution in [0.3, 0.4) is 0 Å². The highest BCUT2D eigenvalue weighted by Gasteiger charge is 2.28. The van der Waals surface area contributed by atoms with Crippen LogP contribution in [-0.4, -0.2) is 58.0 Å². The molecule has 0 aromatic rings. The van der Waals surface area contributed by atoms with Gasteiger partial charge in [0.25, 0.3) is 0 Å². The Bertz CT molecular complexity index is 548. The summed E-state index contributed by atoms with van der Waals surface area (Å²) in [4.78, 5) is 16.0. The molecule has 1 unspecified atom stereocenters. The monoisotopic (exact) mass is 486 g/mol. The van der Waals surface area contributed by atoms with E-state index < -0.39 is 9.84 Å². The van der Waals surface area contributed by atoms with Crippen LogP contribution in [-0.2, 0) is 14.6 Å². The van der Waals surface area contributed by atoms with Crippen molar-refractivity contribution in [1.29, 1.82) is 0 Å². The predicted octanol–water partition coefficient (Wildman–Crippen LogP) is 1.04. The van der Waals surface area contributed by atoms with Crippen LogP contribution in [0.25, 0.3) is 0 Å². The maximum absolute atomic E-state index is 11.9. The molecule has 146 valence electrons. The average molecular weight is 486 g/mol. The Morgan fingerprint density at radius 3 is 2.36 bits per heavy atom. The summed E-state index contributed by atoms with van der Waals surface area (Å²) in [6.45, 7) is 1.10. The lowest BCUT2D eigenvalue weighted by Gasteiger charge is -2.21. The van der Waals surface area contributed by atoms with E-state index in [1.54, 1.807) is 7.05 Å². The van der Waals surface area contributed by atoms with Crippen LogP contribution in [0.4, 0.5) is 0 Å². The van der Waals surface area contributed by atoms with Crippen molar-refractivity contribution in [3.8, 4) is 0 Å². The fourth-order valence-corrected chi connectivity index (χ4v) is 5.08. The molecule has 0 aromatic carbocycles. The van der Waals surface area contributed by atoms with Crippen LogP contribution >= 0.6 is 24.0 Å². The van der Waals surface area contributed by atoms with Crippen LogP contribution in [0, 0.1) is 5.92 Å². The molecular formula is C16H31IN4O3S. The number of hydrogen-bond donors (Lipinski definition) is 3. The van der Waals surface area contributed by atoms with Gasteiger partial charge in [0, 0.05) is 32.6 Å². The first-order valence-electron chi connectivity index (χ1n) is 8.93. The van der Waals surface area contributed by atoms with Gasteiger partial charge in [-0.15, -0.1) is 24.0 Å². The number of amides is 1. The Kier molecular flexibility index (Phi) is 10.1. The van der Waals surface area contributed by atoms with Gasteiger partial charge in [-0.05, 0) is 25.2 Å². The molecule has 25 heavy (non-hydrogen) atoms. The molecule has 1 amide bonds. The number of rotatable bonds is 6. The zero-order valence-corrected chi connectivity index (χ0v) is 18.1. The van der Waals surface area contributed by atoms with Crippen LogP contribution in [0.1, 0.15) is 44.9 Å². The minimum Gasteiger partial charge on any atom is -0.355 e. The minimum absolute atomic E-state index is 0. The Morgan fingerprint density at radius 2 is 1.76 bits per heavy atom. The second kappa shape index (κ2) is 11.2. The Balaban J connectivity index is 0.00000312. The smallest absolute Gasteiger partial charge is 0.220 e. The third kappa shape index (κ3) is 8.57. The average Bonchev–Trinajstić information content (AvgIpc) is 2.90. The number of hydrogen-bond acceptors (Lipinski definition) is 4. The number of aliphatic imine (C=N–C) groups is 1. The number of guanidine groups is 1. The highest BCUT2D eigenvalue weighted by atomic mass is 127. The van der Waals surface area contributed by atoms with Gasteiger partial charge in [-0.25, -0.2) is 8.42 Å². The molecule has 2 aliphatic rings. The standard InChI is InChI=1S/C16H30N4O3S.HI/c1-17-16(20-14-7-10-24(22,23)12-14)19-9-8-18-15(21)11-13-5-3-2-4-6-13;/h13-14H,2-12H2,1H3,(H,18,21)(H2,17,19,20);1H. The fraction of sp³-hybridized carbons (Fsp3) is 0.875. The molecule has 0 radical (unpaired) electrons. The van der Waals surface area contributed by atoms with Crippen LogP contribution in [0.5, 0.6) is 0 Å². The zero-order chi connectivity index (χ0) is 17.4. The van der Waals surface area contributed by atoms with Crippen molar-refractivity contribution in [2.24, 2.45) is 10.9 Å². The van der Waals surface area contributed by atoms with Gasteiger partial charge in [0.2, 0.25) is 5.91 Å². The van der Waals surface area contributed by atoms with E-state index in [0.29, 0.717) is 37.8 Å². The number of halogens is 1. The van der Waals surface area contributed by atoms with Gasteiger partial charge in [-0.3, -0.25) is 9.79 Å². The number of carbonyl (C=O) groups is 1. The third-order valence-corrected chi connectivity index (χ3v) is 6.50. The summed E-state index contributed by atoms with van der Waals surface area (Å²) < 4.78 is 22.9. The highest BCUT2D eigenvalue weighted by molar-refractivity contribution is 14.0. The molecule has 2 rings (SSSR count). The van der Waals surface area contributed by atoms with Gasteiger partial charge < -0.3 is 16.0 Å². The maximum atomic E-state index is 11.9. The van der Waals surface area contributed by atoms with Crippen molar-refractivity contribution in [2.75, 3.05) is 31.6 Å². The zero-order valence-electron chi connectivity index (χ0n) is 14.9. The first kappa shape index (κ1) is 22.5. The van der Waals surface area contributed by atoms with Gasteiger partial charge in [0.05, 0.1) is 11.5 Å². The molecule has 0 aromatic heterocycles. The van der Waals surface area contributed by atoms with Crippen molar-refractivity contribution in [1.82, 2.24) is 16.0 Å².